The summed E-state index contributed by atoms with van der Waals surface area (Å²) < 4.78 is 0. The second-order valence-corrected chi connectivity index (χ2v) is 0. The van der Waals surface area contributed by atoms with Crippen molar-refractivity contribution in [3.63, 3.8) is 0 Å². The van der Waals surface area contributed by atoms with Crippen molar-refractivity contribution >= 4 is 0 Å². The van der Waals surface area contributed by atoms with Gasteiger partial charge in [-0.15, -0.1) is 0 Å². The Kier molecular flexibility index (Phi) is 2130. The molecule has 0 fully saturated rings. The fourth-order valence-electron chi connectivity index (χ4n) is 0. The zero-order chi connectivity index (χ0) is 0. The summed E-state index contributed by atoms with van der Waals surface area (Å²) >= 11 is 0. The minimum absolute atomic E-state index is 0. The normalized spacial score (nSPS) is 0. The molecule has 7 heavy (non-hydrogen) atoms. The minimum atomic E-state index is 0. The van der Waals surface area contributed by atoms with E-state index in [-0.39, 0.29) is 86.9 Å². The Hall–Kier alpha value is 1.96. The molecule has 0 aromatic heterocycles. The molecule has 0 spiro atoms. The molecule has 38 valence electrons. The van der Waals surface area contributed by atoms with Crippen LogP contribution in [0.2, 0.25) is 0 Å². The summed E-state index contributed by atoms with van der Waals surface area (Å²) in [5.74, 6) is 0. The van der Waals surface area contributed by atoms with Gasteiger partial charge in [0.05, 0.1) is 0 Å². The number of rotatable bonds is 0. The first kappa shape index (κ1) is 148. The Morgan fingerprint density at radius 3 is 0.571 bits per heavy atom. The summed E-state index contributed by atoms with van der Waals surface area (Å²) in [6.07, 6.45) is 0. The molecular formula is FeO4TiZr+2. The van der Waals surface area contributed by atoms with Crippen LogP contribution in [-0.4, -0.2) is 0 Å². The van der Waals surface area contributed by atoms with Crippen molar-refractivity contribution in [2.45, 2.75) is 0 Å². The summed E-state index contributed by atoms with van der Waals surface area (Å²) in [6.45, 7) is 0. The maximum Gasteiger partial charge on any atom is 4.00 e. The first-order valence-electron chi connectivity index (χ1n) is 0. The van der Waals surface area contributed by atoms with Gasteiger partial charge < -0.3 is 21.9 Å². The molecule has 7 heteroatoms. The van der Waals surface area contributed by atoms with Crippen molar-refractivity contribution in [1.29, 1.82) is 0 Å². The van der Waals surface area contributed by atoms with E-state index in [4.69, 9.17) is 0 Å². The van der Waals surface area contributed by atoms with Gasteiger partial charge in [0, 0.05) is 0 Å². The van der Waals surface area contributed by atoms with Crippen LogP contribution in [0.3, 0.4) is 0 Å². The van der Waals surface area contributed by atoms with Crippen molar-refractivity contribution in [2.75, 3.05) is 0 Å². The fourth-order valence-corrected chi connectivity index (χ4v) is 0. The van der Waals surface area contributed by atoms with Gasteiger partial charge in [0.15, 0.2) is 0 Å². The van der Waals surface area contributed by atoms with E-state index >= 15 is 0 Å². The van der Waals surface area contributed by atoms with Gasteiger partial charge in [-0.1, -0.05) is 0 Å². The Bertz CT molecular complexity index is 11.7. The third-order valence-electron chi connectivity index (χ3n) is 0. The molecule has 0 aliphatic carbocycles. The van der Waals surface area contributed by atoms with Crippen molar-refractivity contribution in [3.8, 4) is 0 Å². The van der Waals surface area contributed by atoms with Gasteiger partial charge in [0.25, 0.3) is 0 Å². The summed E-state index contributed by atoms with van der Waals surface area (Å²) in [7, 11) is 0. The molecule has 0 heterocycles. The van der Waals surface area contributed by atoms with E-state index in [1.54, 1.807) is 0 Å². The van der Waals surface area contributed by atoms with Gasteiger partial charge in [-0.05, 0) is 0 Å². The minimum Gasteiger partial charge on any atom is -2.00 e. The molecule has 0 aliphatic rings. The van der Waals surface area contributed by atoms with E-state index in [1.807, 2.05) is 0 Å². The van der Waals surface area contributed by atoms with Crippen LogP contribution in [0.5, 0.6) is 0 Å². The van der Waals surface area contributed by atoms with Crippen LogP contribution in [0.25, 0.3) is 0 Å². The molecule has 0 atom stereocenters. The predicted molar refractivity (Wildman–Crippen MR) is 2.75 cm³/mol. The Labute approximate surface area is 86.1 Å². The van der Waals surface area contributed by atoms with Crippen LogP contribution in [0, 0.1) is 0 Å². The molecular weight excluding hydrogens is 259 g/mol. The van der Waals surface area contributed by atoms with Crippen molar-refractivity contribution < 1.29 is 86.9 Å². The van der Waals surface area contributed by atoms with Gasteiger partial charge in [0.2, 0.25) is 0 Å². The van der Waals surface area contributed by atoms with Gasteiger partial charge in [-0.25, -0.2) is 0 Å². The third kappa shape index (κ3) is 73.7. The molecule has 0 saturated heterocycles. The van der Waals surface area contributed by atoms with Gasteiger partial charge in [-0.2, -0.15) is 0 Å². The van der Waals surface area contributed by atoms with Crippen LogP contribution in [0.15, 0.2) is 0 Å². The predicted octanol–water partition coefficient (Wildman–Crippen LogP) is -0.483. The van der Waals surface area contributed by atoms with Crippen LogP contribution < -0.4 is 0 Å². The first-order chi connectivity index (χ1) is 0. The van der Waals surface area contributed by atoms with Crippen molar-refractivity contribution in [3.05, 3.63) is 0 Å². The SMILES string of the molecule is [Fe+2].[O-2].[O-2].[O-2].[O-2].[Ti+4].[Zr+4]. The van der Waals surface area contributed by atoms with Gasteiger partial charge in [0.1, 0.15) is 0 Å². The molecule has 0 aromatic rings. The molecule has 0 rings (SSSR count). The maximum absolute atomic E-state index is 0. The Morgan fingerprint density at radius 2 is 0.571 bits per heavy atom. The first-order valence-corrected chi connectivity index (χ1v) is 0. The van der Waals surface area contributed by atoms with Crippen molar-refractivity contribution in [2.24, 2.45) is 0 Å². The second-order valence-electron chi connectivity index (χ2n) is 0. The zero-order valence-electron chi connectivity index (χ0n) is 2.99. The third-order valence-corrected chi connectivity index (χ3v) is 0. The van der Waals surface area contributed by atoms with E-state index in [1.165, 1.54) is 0 Å². The Balaban J connectivity index is 0. The smallest absolute Gasteiger partial charge is 2.00 e. The monoisotopic (exact) mass is 258 g/mol. The number of hydrogen-bond acceptors (Lipinski definition) is 0. The van der Waals surface area contributed by atoms with Crippen LogP contribution >= 0.6 is 0 Å². The summed E-state index contributed by atoms with van der Waals surface area (Å²) in [5, 5.41) is 0. The molecule has 0 bridgehead atoms. The molecule has 0 aliphatic heterocycles. The second kappa shape index (κ2) is 101. The van der Waals surface area contributed by atoms with Gasteiger partial charge >= 0.3 is 65.0 Å². The van der Waals surface area contributed by atoms with Crippen LogP contribution in [0.4, 0.5) is 0 Å². The average molecular weight is 259 g/mol. The van der Waals surface area contributed by atoms with Crippen molar-refractivity contribution in [1.82, 2.24) is 0 Å². The summed E-state index contributed by atoms with van der Waals surface area (Å²) in [6, 6.07) is 0. The zero-order valence-corrected chi connectivity index (χ0v) is 8.11. The average Bonchev–Trinajstić information content (AvgIpc) is 0. The fraction of sp³-hybridized carbons (Fsp3) is 0. The van der Waals surface area contributed by atoms with E-state index in [2.05, 4.69) is 0 Å². The van der Waals surface area contributed by atoms with E-state index in [0.29, 0.717) is 0 Å². The summed E-state index contributed by atoms with van der Waals surface area (Å²) in [4.78, 5) is 0. The molecule has 0 unspecified atom stereocenters. The Morgan fingerprint density at radius 1 is 0.571 bits per heavy atom. The van der Waals surface area contributed by atoms with E-state index < -0.39 is 0 Å². The van der Waals surface area contributed by atoms with Crippen LogP contribution in [-0.2, 0) is 86.9 Å². The number of hydrogen-bond donors (Lipinski definition) is 0. The summed E-state index contributed by atoms with van der Waals surface area (Å²) in [5.41, 5.74) is 0. The quantitative estimate of drug-likeness (QED) is 0.522. The van der Waals surface area contributed by atoms with Gasteiger partial charge in [-0.3, -0.25) is 0 Å². The van der Waals surface area contributed by atoms with E-state index in [9.17, 15) is 0 Å². The molecule has 0 aromatic carbocycles. The van der Waals surface area contributed by atoms with E-state index in [0.717, 1.165) is 0 Å². The molecule has 0 saturated carbocycles. The molecule has 0 amide bonds. The maximum atomic E-state index is 0. The molecule has 4 nitrogen and oxygen atoms in total. The van der Waals surface area contributed by atoms with Crippen LogP contribution in [0.1, 0.15) is 0 Å². The molecule has 0 radical (unpaired) electrons. The standard InChI is InChI=1S/Fe.4O.Ti.Zr/q+2;4*-2;2*+4. The topological polar surface area (TPSA) is 114 Å². The largest absolute Gasteiger partial charge is 4.00 e. The molecule has 0 N–H and O–H groups in total.